The maximum atomic E-state index is 10.7. The first-order valence-electron chi connectivity index (χ1n) is 5.65. The van der Waals surface area contributed by atoms with Crippen LogP contribution in [-0.4, -0.2) is 23.3 Å². The summed E-state index contributed by atoms with van der Waals surface area (Å²) in [6, 6.07) is 1.73. The summed E-state index contributed by atoms with van der Waals surface area (Å²) in [5.74, 6) is 0.711. The molecule has 17 heavy (non-hydrogen) atoms. The number of methoxy groups -OCH3 is 1. The van der Waals surface area contributed by atoms with Crippen LogP contribution in [0.15, 0.2) is 6.07 Å². The molecule has 0 fully saturated rings. The van der Waals surface area contributed by atoms with E-state index in [1.807, 2.05) is 13.0 Å². The number of nitrogens with one attached hydrogen (secondary N) is 1. The second-order valence-electron chi connectivity index (χ2n) is 4.21. The first kappa shape index (κ1) is 11.7. The molecule has 0 aliphatic heterocycles. The molecule has 1 aliphatic carbocycles. The van der Waals surface area contributed by atoms with Crippen molar-refractivity contribution in [2.24, 2.45) is 0 Å². The summed E-state index contributed by atoms with van der Waals surface area (Å²) in [4.78, 5) is 15.2. The molecule has 0 saturated carbocycles. The highest BCUT2D eigenvalue weighted by atomic mass is 16.5. The molecule has 1 aromatic rings. The minimum Gasteiger partial charge on any atom is -0.495 e. The summed E-state index contributed by atoms with van der Waals surface area (Å²) in [5, 5.41) is 11.3. The van der Waals surface area contributed by atoms with Crippen molar-refractivity contribution in [2.45, 2.75) is 32.2 Å². The standard InChI is InChI=1S/C12H16N2O3/c1-7-11(17-2)6-8-9(13-7)4-3-5-10(8)14-12(15)16/h6,10,14H,3-5H2,1-2H3,(H,15,16). The SMILES string of the molecule is COc1cc2c(nc1C)CCCC2NC(=O)O. The molecule has 5 nitrogen and oxygen atoms in total. The average molecular weight is 236 g/mol. The van der Waals surface area contributed by atoms with Crippen molar-refractivity contribution >= 4 is 6.09 Å². The van der Waals surface area contributed by atoms with E-state index in [2.05, 4.69) is 10.3 Å². The normalized spacial score (nSPS) is 18.4. The van der Waals surface area contributed by atoms with Gasteiger partial charge in [0.15, 0.2) is 0 Å². The van der Waals surface area contributed by atoms with Crippen LogP contribution in [-0.2, 0) is 6.42 Å². The van der Waals surface area contributed by atoms with Crippen molar-refractivity contribution in [3.63, 3.8) is 0 Å². The van der Waals surface area contributed by atoms with Gasteiger partial charge in [0.25, 0.3) is 0 Å². The van der Waals surface area contributed by atoms with Gasteiger partial charge < -0.3 is 15.2 Å². The third kappa shape index (κ3) is 2.33. The maximum absolute atomic E-state index is 10.7. The van der Waals surface area contributed by atoms with E-state index < -0.39 is 6.09 Å². The molecule has 0 aromatic carbocycles. The highest BCUT2D eigenvalue weighted by Gasteiger charge is 2.24. The van der Waals surface area contributed by atoms with Gasteiger partial charge in [0.1, 0.15) is 5.75 Å². The van der Waals surface area contributed by atoms with Gasteiger partial charge in [-0.1, -0.05) is 0 Å². The van der Waals surface area contributed by atoms with Crippen LogP contribution in [0.1, 0.15) is 35.8 Å². The van der Waals surface area contributed by atoms with Crippen molar-refractivity contribution in [1.82, 2.24) is 10.3 Å². The molecular weight excluding hydrogens is 220 g/mol. The molecule has 1 aromatic heterocycles. The van der Waals surface area contributed by atoms with Crippen molar-refractivity contribution in [2.75, 3.05) is 7.11 Å². The Bertz CT molecular complexity index is 446. The number of carbonyl (C=O) groups is 1. The van der Waals surface area contributed by atoms with Gasteiger partial charge in [-0.3, -0.25) is 4.98 Å². The number of hydrogen-bond acceptors (Lipinski definition) is 3. The molecule has 5 heteroatoms. The summed E-state index contributed by atoms with van der Waals surface area (Å²) >= 11 is 0. The van der Waals surface area contributed by atoms with Crippen LogP contribution in [0, 0.1) is 6.92 Å². The van der Waals surface area contributed by atoms with Gasteiger partial charge >= 0.3 is 6.09 Å². The van der Waals surface area contributed by atoms with E-state index in [0.717, 1.165) is 36.2 Å². The lowest BCUT2D eigenvalue weighted by atomic mass is 9.91. The van der Waals surface area contributed by atoms with Crippen LogP contribution in [0.5, 0.6) is 5.75 Å². The lowest BCUT2D eigenvalue weighted by Crippen LogP contribution is -2.30. The third-order valence-corrected chi connectivity index (χ3v) is 3.08. The molecule has 2 N–H and O–H groups in total. The second-order valence-corrected chi connectivity index (χ2v) is 4.21. The number of amides is 1. The maximum Gasteiger partial charge on any atom is 0.405 e. The summed E-state index contributed by atoms with van der Waals surface area (Å²) in [6.07, 6.45) is 1.67. The first-order chi connectivity index (χ1) is 8.11. The van der Waals surface area contributed by atoms with Gasteiger partial charge in [-0.25, -0.2) is 4.79 Å². The number of carboxylic acid groups (broad SMARTS) is 1. The summed E-state index contributed by atoms with van der Waals surface area (Å²) in [5.41, 5.74) is 2.77. The van der Waals surface area contributed by atoms with Crippen LogP contribution in [0.4, 0.5) is 4.79 Å². The van der Waals surface area contributed by atoms with E-state index >= 15 is 0 Å². The van der Waals surface area contributed by atoms with Crippen molar-refractivity contribution in [1.29, 1.82) is 0 Å². The molecule has 0 radical (unpaired) electrons. The Kier molecular flexibility index (Phi) is 3.17. The van der Waals surface area contributed by atoms with Crippen LogP contribution < -0.4 is 10.1 Å². The molecule has 1 atom stereocenters. The number of aromatic nitrogens is 1. The van der Waals surface area contributed by atoms with E-state index in [-0.39, 0.29) is 6.04 Å². The zero-order valence-electron chi connectivity index (χ0n) is 9.99. The highest BCUT2D eigenvalue weighted by molar-refractivity contribution is 5.65. The average Bonchev–Trinajstić information content (AvgIpc) is 2.27. The third-order valence-electron chi connectivity index (χ3n) is 3.08. The quantitative estimate of drug-likeness (QED) is 0.824. The Morgan fingerprint density at radius 2 is 2.41 bits per heavy atom. The van der Waals surface area contributed by atoms with Crippen LogP contribution >= 0.6 is 0 Å². The largest absolute Gasteiger partial charge is 0.495 e. The van der Waals surface area contributed by atoms with Crippen LogP contribution in [0.2, 0.25) is 0 Å². The fourth-order valence-corrected chi connectivity index (χ4v) is 2.29. The molecule has 1 amide bonds. The summed E-state index contributed by atoms with van der Waals surface area (Å²) in [6.45, 7) is 1.90. The van der Waals surface area contributed by atoms with Gasteiger partial charge in [-0.2, -0.15) is 0 Å². The van der Waals surface area contributed by atoms with Gasteiger partial charge in [0, 0.05) is 5.69 Å². The summed E-state index contributed by atoms with van der Waals surface area (Å²) < 4.78 is 5.23. The van der Waals surface area contributed by atoms with Gasteiger partial charge in [0.2, 0.25) is 0 Å². The van der Waals surface area contributed by atoms with Gasteiger partial charge in [-0.05, 0) is 37.8 Å². The Labute approximate surface area is 99.8 Å². The topological polar surface area (TPSA) is 71.5 Å². The van der Waals surface area contributed by atoms with Crippen LogP contribution in [0.3, 0.4) is 0 Å². The molecule has 0 bridgehead atoms. The molecular formula is C12H16N2O3. The lowest BCUT2D eigenvalue weighted by Gasteiger charge is -2.25. The predicted octanol–water partition coefficient (Wildman–Crippen LogP) is 2.04. The number of fused-ring (bicyclic) bond motifs is 1. The zero-order chi connectivity index (χ0) is 12.4. The number of pyridine rings is 1. The van der Waals surface area contributed by atoms with Crippen molar-refractivity contribution < 1.29 is 14.6 Å². The number of hydrogen-bond donors (Lipinski definition) is 2. The predicted molar refractivity (Wildman–Crippen MR) is 62.4 cm³/mol. The van der Waals surface area contributed by atoms with Gasteiger partial charge in [-0.15, -0.1) is 0 Å². The molecule has 0 spiro atoms. The fourth-order valence-electron chi connectivity index (χ4n) is 2.29. The molecule has 0 saturated heterocycles. The molecule has 2 rings (SSSR count). The van der Waals surface area contributed by atoms with Crippen molar-refractivity contribution in [3.8, 4) is 5.75 Å². The van der Waals surface area contributed by atoms with Crippen molar-refractivity contribution in [3.05, 3.63) is 23.0 Å². The van der Waals surface area contributed by atoms with Crippen LogP contribution in [0.25, 0.3) is 0 Å². The fraction of sp³-hybridized carbons (Fsp3) is 0.500. The second kappa shape index (κ2) is 4.61. The molecule has 1 unspecified atom stereocenters. The number of ether oxygens (including phenoxy) is 1. The van der Waals surface area contributed by atoms with E-state index in [1.165, 1.54) is 0 Å². The number of aryl methyl sites for hydroxylation is 2. The number of nitrogens with zero attached hydrogens (tertiary/aromatic N) is 1. The highest BCUT2D eigenvalue weighted by Crippen LogP contribution is 2.32. The Morgan fingerprint density at radius 1 is 1.65 bits per heavy atom. The smallest absolute Gasteiger partial charge is 0.405 e. The Balaban J connectivity index is 2.38. The Morgan fingerprint density at radius 3 is 3.06 bits per heavy atom. The number of rotatable bonds is 2. The van der Waals surface area contributed by atoms with E-state index in [1.54, 1.807) is 7.11 Å². The van der Waals surface area contributed by atoms with E-state index in [9.17, 15) is 4.79 Å². The Hall–Kier alpha value is -1.78. The monoisotopic (exact) mass is 236 g/mol. The van der Waals surface area contributed by atoms with Gasteiger partial charge in [0.05, 0.1) is 18.8 Å². The first-order valence-corrected chi connectivity index (χ1v) is 5.65. The van der Waals surface area contributed by atoms with E-state index in [4.69, 9.17) is 9.84 Å². The zero-order valence-corrected chi connectivity index (χ0v) is 9.99. The molecule has 92 valence electrons. The minimum atomic E-state index is -0.998. The summed E-state index contributed by atoms with van der Waals surface area (Å²) in [7, 11) is 1.60. The minimum absolute atomic E-state index is 0.168. The van der Waals surface area contributed by atoms with E-state index in [0.29, 0.717) is 5.75 Å². The lowest BCUT2D eigenvalue weighted by molar-refractivity contribution is 0.188. The molecule has 1 heterocycles. The molecule has 1 aliphatic rings.